The lowest BCUT2D eigenvalue weighted by atomic mass is 10.1. The van der Waals surface area contributed by atoms with E-state index in [9.17, 15) is 23.6 Å². The van der Waals surface area contributed by atoms with Gasteiger partial charge in [0.2, 0.25) is 0 Å². The van der Waals surface area contributed by atoms with Crippen molar-refractivity contribution < 1.29 is 19.2 Å². The number of aromatic nitrogens is 2. The van der Waals surface area contributed by atoms with E-state index in [4.69, 9.17) is 16.8 Å². The molecular weight excluding hydrogens is 501 g/mol. The van der Waals surface area contributed by atoms with Crippen molar-refractivity contribution in [1.29, 1.82) is 0 Å². The van der Waals surface area contributed by atoms with Gasteiger partial charge in [-0.25, -0.2) is 19.2 Å². The molecule has 0 spiro atoms. The number of carbonyl (C=O) groups excluding carboxylic acids is 2. The average Bonchev–Trinajstić information content (AvgIpc) is 3.28. The molecule has 2 heterocycles. The summed E-state index contributed by atoms with van der Waals surface area (Å²) in [5.74, 6) is -2.18. The zero-order chi connectivity index (χ0) is 25.3. The van der Waals surface area contributed by atoms with Gasteiger partial charge in [-0.15, -0.1) is 11.3 Å². The van der Waals surface area contributed by atoms with Crippen LogP contribution in [0.15, 0.2) is 58.1 Å². The SMILES string of the molecule is CNc1cc2[nH]c(=O)n(-c3ccc(C(=O)NC(C(=O)NO)c4ccc(Cl)s4)cc3)c(=O)c2cc1F. The van der Waals surface area contributed by atoms with Crippen LogP contribution < -0.4 is 27.4 Å². The Hall–Kier alpha value is -4.00. The first-order valence-electron chi connectivity index (χ1n) is 10.00. The predicted molar refractivity (Wildman–Crippen MR) is 129 cm³/mol. The molecule has 1 atom stereocenters. The first-order chi connectivity index (χ1) is 16.7. The van der Waals surface area contributed by atoms with Crippen LogP contribution in [-0.4, -0.2) is 33.6 Å². The molecule has 10 nitrogen and oxygen atoms in total. The molecule has 0 saturated heterocycles. The summed E-state index contributed by atoms with van der Waals surface area (Å²) in [5, 5.41) is 14.1. The van der Waals surface area contributed by atoms with Gasteiger partial charge < -0.3 is 15.6 Å². The summed E-state index contributed by atoms with van der Waals surface area (Å²) in [6, 6.07) is 9.65. The van der Waals surface area contributed by atoms with Gasteiger partial charge in [0.25, 0.3) is 17.4 Å². The number of carbonyl (C=O) groups is 2. The van der Waals surface area contributed by atoms with Crippen LogP contribution >= 0.6 is 22.9 Å². The fourth-order valence-corrected chi connectivity index (χ4v) is 4.57. The zero-order valence-electron chi connectivity index (χ0n) is 17.9. The standard InChI is InChI=1S/C22H17ClFN5O5S/c1-25-15-9-14-12(8-13(15)24)21(32)29(22(33)26-14)11-4-2-10(3-5-11)19(30)27-18(20(31)28-34)16-6-7-17(23)35-16/h2-9,18,25,34H,1H3,(H,26,33)(H,27,30)(H,28,31). The highest BCUT2D eigenvalue weighted by atomic mass is 35.5. The Balaban J connectivity index is 1.66. The molecule has 13 heteroatoms. The lowest BCUT2D eigenvalue weighted by Gasteiger charge is -2.15. The third kappa shape index (κ3) is 4.67. The third-order valence-corrected chi connectivity index (χ3v) is 6.46. The Morgan fingerprint density at radius 3 is 2.46 bits per heavy atom. The van der Waals surface area contributed by atoms with E-state index >= 15 is 0 Å². The Morgan fingerprint density at radius 2 is 1.86 bits per heavy atom. The molecule has 2 amide bonds. The molecular formula is C22H17ClFN5O5S. The molecule has 180 valence electrons. The number of hydrogen-bond acceptors (Lipinski definition) is 7. The normalized spacial score (nSPS) is 11.8. The van der Waals surface area contributed by atoms with Crippen molar-refractivity contribution >= 4 is 51.3 Å². The van der Waals surface area contributed by atoms with E-state index in [1.54, 1.807) is 6.07 Å². The average molecular weight is 518 g/mol. The van der Waals surface area contributed by atoms with E-state index in [1.165, 1.54) is 48.9 Å². The van der Waals surface area contributed by atoms with Gasteiger partial charge >= 0.3 is 5.69 Å². The number of hydroxylamine groups is 1. The van der Waals surface area contributed by atoms with Gasteiger partial charge in [0, 0.05) is 17.5 Å². The monoisotopic (exact) mass is 517 g/mol. The minimum atomic E-state index is -1.20. The van der Waals surface area contributed by atoms with Crippen molar-refractivity contribution in [3.63, 3.8) is 0 Å². The topological polar surface area (TPSA) is 145 Å². The summed E-state index contributed by atoms with van der Waals surface area (Å²) in [6.45, 7) is 0. The van der Waals surface area contributed by atoms with Crippen molar-refractivity contribution in [2.45, 2.75) is 6.04 Å². The summed E-state index contributed by atoms with van der Waals surface area (Å²) < 4.78 is 15.4. The second-order valence-electron chi connectivity index (χ2n) is 7.27. The van der Waals surface area contributed by atoms with E-state index in [0.29, 0.717) is 9.21 Å². The maximum Gasteiger partial charge on any atom is 0.333 e. The van der Waals surface area contributed by atoms with Crippen LogP contribution in [-0.2, 0) is 4.79 Å². The molecule has 0 aliphatic carbocycles. The Kier molecular flexibility index (Phi) is 6.69. The fraction of sp³-hybridized carbons (Fsp3) is 0.0909. The molecule has 4 aromatic rings. The number of aromatic amines is 1. The van der Waals surface area contributed by atoms with Gasteiger partial charge in [-0.1, -0.05) is 11.6 Å². The number of hydrogen-bond donors (Lipinski definition) is 5. The molecule has 0 saturated carbocycles. The number of halogens is 2. The number of amides is 2. The highest BCUT2D eigenvalue weighted by Gasteiger charge is 2.25. The van der Waals surface area contributed by atoms with E-state index in [1.807, 2.05) is 0 Å². The minimum absolute atomic E-state index is 0.0321. The van der Waals surface area contributed by atoms with E-state index < -0.39 is 34.9 Å². The molecule has 0 aliphatic heterocycles. The van der Waals surface area contributed by atoms with Gasteiger partial charge in [-0.05, 0) is 48.5 Å². The van der Waals surface area contributed by atoms with Crippen molar-refractivity contribution in [3.05, 3.63) is 90.0 Å². The van der Waals surface area contributed by atoms with Crippen molar-refractivity contribution in [3.8, 4) is 5.69 Å². The fourth-order valence-electron chi connectivity index (χ4n) is 3.45. The van der Waals surface area contributed by atoms with Gasteiger partial charge in [-0.2, -0.15) is 0 Å². The van der Waals surface area contributed by atoms with Gasteiger partial charge in [0.1, 0.15) is 11.9 Å². The van der Waals surface area contributed by atoms with Crippen LogP contribution in [0.1, 0.15) is 21.3 Å². The molecule has 5 N–H and O–H groups in total. The predicted octanol–water partition coefficient (Wildman–Crippen LogP) is 2.55. The largest absolute Gasteiger partial charge is 0.386 e. The number of benzene rings is 2. The van der Waals surface area contributed by atoms with E-state index in [0.717, 1.165) is 22.0 Å². The number of fused-ring (bicyclic) bond motifs is 1. The number of nitrogens with zero attached hydrogens (tertiary/aromatic N) is 1. The van der Waals surface area contributed by atoms with Gasteiger partial charge in [-0.3, -0.25) is 19.6 Å². The van der Waals surface area contributed by atoms with Crippen LogP contribution in [0.3, 0.4) is 0 Å². The molecule has 2 aromatic carbocycles. The smallest absolute Gasteiger partial charge is 0.333 e. The van der Waals surface area contributed by atoms with E-state index in [2.05, 4.69) is 15.6 Å². The van der Waals surface area contributed by atoms with Crippen LogP contribution in [0.4, 0.5) is 10.1 Å². The summed E-state index contributed by atoms with van der Waals surface area (Å²) >= 11 is 6.95. The molecule has 0 aliphatic rings. The summed E-state index contributed by atoms with van der Waals surface area (Å²) in [4.78, 5) is 53.3. The molecule has 35 heavy (non-hydrogen) atoms. The maximum absolute atomic E-state index is 14.2. The summed E-state index contributed by atoms with van der Waals surface area (Å²) in [6.07, 6.45) is 0. The number of rotatable bonds is 6. The minimum Gasteiger partial charge on any atom is -0.386 e. The molecule has 0 radical (unpaired) electrons. The Labute approximate surface area is 204 Å². The second-order valence-corrected chi connectivity index (χ2v) is 9.02. The van der Waals surface area contributed by atoms with Crippen LogP contribution in [0.2, 0.25) is 4.34 Å². The molecule has 1 unspecified atom stereocenters. The highest BCUT2D eigenvalue weighted by Crippen LogP contribution is 2.27. The Morgan fingerprint density at radius 1 is 1.14 bits per heavy atom. The van der Waals surface area contributed by atoms with Crippen LogP contribution in [0, 0.1) is 5.82 Å². The summed E-state index contributed by atoms with van der Waals surface area (Å²) in [7, 11) is 1.51. The number of anilines is 1. The number of H-pyrrole nitrogens is 1. The first kappa shape index (κ1) is 24.1. The number of thiophene rings is 1. The summed E-state index contributed by atoms with van der Waals surface area (Å²) in [5.41, 5.74) is 0.559. The lowest BCUT2D eigenvalue weighted by molar-refractivity contribution is -0.131. The zero-order valence-corrected chi connectivity index (χ0v) is 19.5. The van der Waals surface area contributed by atoms with E-state index in [-0.39, 0.29) is 27.8 Å². The van der Waals surface area contributed by atoms with Gasteiger partial charge in [0.15, 0.2) is 0 Å². The quantitative estimate of drug-likeness (QED) is 0.196. The molecule has 0 bridgehead atoms. The maximum atomic E-state index is 14.2. The lowest BCUT2D eigenvalue weighted by Crippen LogP contribution is -2.38. The van der Waals surface area contributed by atoms with Crippen molar-refractivity contribution in [1.82, 2.24) is 20.3 Å². The first-order valence-corrected chi connectivity index (χ1v) is 11.2. The van der Waals surface area contributed by atoms with Gasteiger partial charge in [0.05, 0.1) is 26.6 Å². The highest BCUT2D eigenvalue weighted by molar-refractivity contribution is 7.16. The van der Waals surface area contributed by atoms with Crippen molar-refractivity contribution in [2.24, 2.45) is 0 Å². The molecule has 4 rings (SSSR count). The second kappa shape index (κ2) is 9.70. The Bertz CT molecular complexity index is 1560. The van der Waals surface area contributed by atoms with Crippen LogP contribution in [0.25, 0.3) is 16.6 Å². The third-order valence-electron chi connectivity index (χ3n) is 5.17. The van der Waals surface area contributed by atoms with Crippen molar-refractivity contribution in [2.75, 3.05) is 12.4 Å². The molecule has 2 aromatic heterocycles. The number of nitrogens with one attached hydrogen (secondary N) is 4. The van der Waals surface area contributed by atoms with Crippen LogP contribution in [0.5, 0.6) is 0 Å². The molecule has 0 fully saturated rings.